The minimum absolute atomic E-state index is 0.250. The first-order valence-corrected chi connectivity index (χ1v) is 10.0. The Morgan fingerprint density at radius 3 is 2.81 bits per heavy atom. The van der Waals surface area contributed by atoms with E-state index in [-0.39, 0.29) is 6.04 Å². The fourth-order valence-corrected chi connectivity index (χ4v) is 4.15. The molecule has 0 saturated carbocycles. The average Bonchev–Trinajstić information content (AvgIpc) is 3.09. The lowest BCUT2D eigenvalue weighted by Gasteiger charge is -2.33. The first-order chi connectivity index (χ1) is 12.7. The van der Waals surface area contributed by atoms with Crippen LogP contribution in [-0.4, -0.2) is 43.7 Å². The van der Waals surface area contributed by atoms with Crippen LogP contribution in [0.3, 0.4) is 0 Å². The molecule has 1 unspecified atom stereocenters. The molecule has 0 spiro atoms. The summed E-state index contributed by atoms with van der Waals surface area (Å²) >= 11 is 1.84. The smallest absolute Gasteiger partial charge is 0.193 e. The third-order valence-corrected chi connectivity index (χ3v) is 5.72. The molecule has 5 nitrogen and oxygen atoms in total. The van der Waals surface area contributed by atoms with Gasteiger partial charge in [0.1, 0.15) is 0 Å². The van der Waals surface area contributed by atoms with Crippen molar-refractivity contribution < 1.29 is 4.74 Å². The minimum Gasteiger partial charge on any atom is -0.379 e. The lowest BCUT2D eigenvalue weighted by atomic mass is 10.1. The number of aryl methyl sites for hydroxylation is 2. The van der Waals surface area contributed by atoms with Crippen LogP contribution in [0.5, 0.6) is 0 Å². The minimum atomic E-state index is 0.250. The van der Waals surface area contributed by atoms with Crippen molar-refractivity contribution in [2.45, 2.75) is 26.3 Å². The molecule has 140 valence electrons. The number of thiophene rings is 1. The van der Waals surface area contributed by atoms with Crippen LogP contribution in [0, 0.1) is 6.92 Å². The molecule has 6 heteroatoms. The van der Waals surface area contributed by atoms with Gasteiger partial charge < -0.3 is 15.8 Å². The highest BCUT2D eigenvalue weighted by molar-refractivity contribution is 7.12. The molecule has 1 aliphatic heterocycles. The van der Waals surface area contributed by atoms with Crippen LogP contribution >= 0.6 is 11.3 Å². The number of guanidine groups is 1. The first kappa shape index (κ1) is 18.9. The van der Waals surface area contributed by atoms with Crippen LogP contribution < -0.4 is 11.1 Å². The second-order valence-electron chi connectivity index (χ2n) is 6.52. The van der Waals surface area contributed by atoms with Gasteiger partial charge in [-0.25, -0.2) is 0 Å². The van der Waals surface area contributed by atoms with E-state index >= 15 is 0 Å². The molecule has 1 saturated heterocycles. The number of aliphatic imine (C=N–C) groups is 1. The number of nitrogens with zero attached hydrogens (tertiary/aromatic N) is 2. The lowest BCUT2D eigenvalue weighted by Crippen LogP contribution is -2.40. The molecule has 26 heavy (non-hydrogen) atoms. The molecule has 0 radical (unpaired) electrons. The van der Waals surface area contributed by atoms with Gasteiger partial charge in [-0.1, -0.05) is 19.1 Å². The lowest BCUT2D eigenvalue weighted by molar-refractivity contribution is 0.0187. The van der Waals surface area contributed by atoms with E-state index in [1.165, 1.54) is 15.3 Å². The zero-order chi connectivity index (χ0) is 18.4. The number of anilines is 1. The summed E-state index contributed by atoms with van der Waals surface area (Å²) in [5.74, 6) is 0.463. The van der Waals surface area contributed by atoms with Crippen LogP contribution in [0.1, 0.15) is 28.3 Å². The maximum absolute atomic E-state index is 6.16. The van der Waals surface area contributed by atoms with Gasteiger partial charge in [0.2, 0.25) is 0 Å². The van der Waals surface area contributed by atoms with Gasteiger partial charge in [0, 0.05) is 28.5 Å². The standard InChI is InChI=1S/C20H28N4OS/c1-3-16-5-4-6-17(13-16)23-20(21)22-14-18(19-8-7-15(2)26-19)24-9-11-25-12-10-24/h4-8,13,18H,3,9-12,14H2,1-2H3,(H3,21,22,23). The molecule has 0 amide bonds. The van der Waals surface area contributed by atoms with Gasteiger partial charge in [-0.05, 0) is 43.2 Å². The van der Waals surface area contributed by atoms with Crippen LogP contribution in [0.15, 0.2) is 41.4 Å². The zero-order valence-corrected chi connectivity index (χ0v) is 16.4. The third kappa shape index (κ3) is 5.06. The molecular formula is C20H28N4OS. The molecule has 2 aromatic rings. The summed E-state index contributed by atoms with van der Waals surface area (Å²) < 4.78 is 5.51. The van der Waals surface area contributed by atoms with Gasteiger partial charge in [0.05, 0.1) is 25.8 Å². The number of morpholine rings is 1. The number of ether oxygens (including phenoxy) is 1. The molecule has 0 aliphatic carbocycles. The third-order valence-electron chi connectivity index (χ3n) is 4.62. The summed E-state index contributed by atoms with van der Waals surface area (Å²) in [6, 6.07) is 12.9. The molecule has 1 aromatic heterocycles. The van der Waals surface area contributed by atoms with Crippen molar-refractivity contribution in [3.63, 3.8) is 0 Å². The Morgan fingerprint density at radius 1 is 1.31 bits per heavy atom. The van der Waals surface area contributed by atoms with Crippen molar-refractivity contribution >= 4 is 23.0 Å². The van der Waals surface area contributed by atoms with Gasteiger partial charge in [-0.2, -0.15) is 0 Å². The Labute approximate surface area is 159 Å². The van der Waals surface area contributed by atoms with Crippen LogP contribution in [0.2, 0.25) is 0 Å². The van der Waals surface area contributed by atoms with Gasteiger partial charge in [0.25, 0.3) is 0 Å². The number of nitrogens with one attached hydrogen (secondary N) is 1. The fourth-order valence-electron chi connectivity index (χ4n) is 3.15. The summed E-state index contributed by atoms with van der Waals surface area (Å²) in [7, 11) is 0. The van der Waals surface area contributed by atoms with Crippen molar-refractivity contribution in [1.82, 2.24) is 4.90 Å². The molecule has 1 fully saturated rings. The monoisotopic (exact) mass is 372 g/mol. The molecule has 1 aromatic carbocycles. The van der Waals surface area contributed by atoms with E-state index in [0.29, 0.717) is 12.5 Å². The quantitative estimate of drug-likeness (QED) is 0.602. The molecule has 1 aliphatic rings. The summed E-state index contributed by atoms with van der Waals surface area (Å²) in [5.41, 5.74) is 8.42. The van der Waals surface area contributed by atoms with E-state index in [9.17, 15) is 0 Å². The van der Waals surface area contributed by atoms with Crippen LogP contribution in [0.25, 0.3) is 0 Å². The Balaban J connectivity index is 1.70. The first-order valence-electron chi connectivity index (χ1n) is 9.19. The maximum atomic E-state index is 6.16. The Hall–Kier alpha value is -1.89. The number of rotatable bonds is 6. The van der Waals surface area contributed by atoms with Gasteiger partial charge >= 0.3 is 0 Å². The molecule has 1 atom stereocenters. The highest BCUT2D eigenvalue weighted by Crippen LogP contribution is 2.28. The second-order valence-corrected chi connectivity index (χ2v) is 7.84. The predicted octanol–water partition coefficient (Wildman–Crippen LogP) is 3.42. The van der Waals surface area contributed by atoms with E-state index in [0.717, 1.165) is 38.4 Å². The van der Waals surface area contributed by atoms with Gasteiger partial charge in [0.15, 0.2) is 5.96 Å². The maximum Gasteiger partial charge on any atom is 0.193 e. The number of hydrogen-bond donors (Lipinski definition) is 2. The Kier molecular flexibility index (Phi) is 6.66. The Morgan fingerprint density at radius 2 is 2.12 bits per heavy atom. The normalized spacial score (nSPS) is 17.2. The molecule has 3 rings (SSSR count). The van der Waals surface area contributed by atoms with Crippen molar-refractivity contribution in [3.05, 3.63) is 51.7 Å². The highest BCUT2D eigenvalue weighted by atomic mass is 32.1. The topological polar surface area (TPSA) is 62.9 Å². The largest absolute Gasteiger partial charge is 0.379 e. The summed E-state index contributed by atoms with van der Waals surface area (Å²) in [6.07, 6.45) is 1.00. The van der Waals surface area contributed by atoms with Crippen molar-refractivity contribution in [2.75, 3.05) is 38.2 Å². The molecule has 2 heterocycles. The van der Waals surface area contributed by atoms with Crippen LogP contribution in [0.4, 0.5) is 5.69 Å². The molecule has 3 N–H and O–H groups in total. The SMILES string of the molecule is CCc1cccc(NC(N)=NCC(c2ccc(C)s2)N2CCOCC2)c1. The van der Waals surface area contributed by atoms with Crippen molar-refractivity contribution in [1.29, 1.82) is 0 Å². The number of hydrogen-bond acceptors (Lipinski definition) is 4. The summed E-state index contributed by atoms with van der Waals surface area (Å²) in [5, 5.41) is 3.22. The van der Waals surface area contributed by atoms with E-state index in [1.54, 1.807) is 0 Å². The number of benzene rings is 1. The predicted molar refractivity (Wildman–Crippen MR) is 110 cm³/mol. The second kappa shape index (κ2) is 9.16. The number of nitrogens with two attached hydrogens (primary N) is 1. The van der Waals surface area contributed by atoms with Gasteiger partial charge in [-0.15, -0.1) is 11.3 Å². The van der Waals surface area contributed by atoms with Gasteiger partial charge in [-0.3, -0.25) is 9.89 Å². The highest BCUT2D eigenvalue weighted by Gasteiger charge is 2.23. The van der Waals surface area contributed by atoms with E-state index in [2.05, 4.69) is 53.3 Å². The van der Waals surface area contributed by atoms with E-state index in [4.69, 9.17) is 10.5 Å². The summed E-state index contributed by atoms with van der Waals surface area (Å²) in [4.78, 5) is 9.76. The fraction of sp³-hybridized carbons (Fsp3) is 0.450. The molecule has 0 bridgehead atoms. The summed E-state index contributed by atoms with van der Waals surface area (Å²) in [6.45, 7) is 8.36. The average molecular weight is 373 g/mol. The zero-order valence-electron chi connectivity index (χ0n) is 15.6. The molecular weight excluding hydrogens is 344 g/mol. The van der Waals surface area contributed by atoms with Crippen LogP contribution in [-0.2, 0) is 11.2 Å². The van der Waals surface area contributed by atoms with E-state index < -0.39 is 0 Å². The van der Waals surface area contributed by atoms with Crippen molar-refractivity contribution in [3.8, 4) is 0 Å². The Bertz CT molecular complexity index is 737. The van der Waals surface area contributed by atoms with E-state index in [1.807, 2.05) is 23.5 Å². The van der Waals surface area contributed by atoms with Crippen molar-refractivity contribution in [2.24, 2.45) is 10.7 Å².